The van der Waals surface area contributed by atoms with Crippen molar-refractivity contribution in [3.05, 3.63) is 28.2 Å². The first-order chi connectivity index (χ1) is 9.26. The van der Waals surface area contributed by atoms with Gasteiger partial charge in [0.25, 0.3) is 0 Å². The summed E-state index contributed by atoms with van der Waals surface area (Å²) in [5, 5.41) is 3.22. The summed E-state index contributed by atoms with van der Waals surface area (Å²) in [5.41, 5.74) is 1.13. The molecule has 2 rings (SSSR count). The molecule has 0 spiro atoms. The Hall–Kier alpha value is -0.430. The Labute approximate surface area is 129 Å². The Morgan fingerprint density at radius 1 is 1.40 bits per heavy atom. The molecule has 1 unspecified atom stereocenters. The summed E-state index contributed by atoms with van der Waals surface area (Å²) in [6.07, 6.45) is 0.891. The maximum atomic E-state index is 12.4. The van der Waals surface area contributed by atoms with E-state index in [2.05, 4.69) is 39.8 Å². The van der Waals surface area contributed by atoms with Crippen molar-refractivity contribution < 1.29 is 8.42 Å². The molecule has 1 aliphatic carbocycles. The lowest BCUT2D eigenvalue weighted by Gasteiger charge is -2.11. The second kappa shape index (κ2) is 5.75. The van der Waals surface area contributed by atoms with E-state index < -0.39 is 10.0 Å². The zero-order valence-corrected chi connectivity index (χ0v) is 14.4. The van der Waals surface area contributed by atoms with E-state index in [-0.39, 0.29) is 11.5 Å². The standard InChI is InChI=1S/C14H21BrN2O2S/c1-4-16-9-10-5-6-12(11(15)7-10)20(18,19)17-13-8-14(13,2)3/h5-7,13,16-17H,4,8-9H2,1-3H3. The average molecular weight is 361 g/mol. The maximum absolute atomic E-state index is 12.4. The Morgan fingerprint density at radius 3 is 2.55 bits per heavy atom. The fourth-order valence-electron chi connectivity index (χ4n) is 2.06. The second-order valence-electron chi connectivity index (χ2n) is 5.91. The molecule has 0 bridgehead atoms. The van der Waals surface area contributed by atoms with Crippen molar-refractivity contribution in [3.8, 4) is 0 Å². The lowest BCUT2D eigenvalue weighted by atomic mass is 10.2. The van der Waals surface area contributed by atoms with Gasteiger partial charge in [-0.1, -0.05) is 26.8 Å². The van der Waals surface area contributed by atoms with Crippen LogP contribution in [0.15, 0.2) is 27.6 Å². The van der Waals surface area contributed by atoms with Crippen LogP contribution in [0.5, 0.6) is 0 Å². The molecule has 112 valence electrons. The van der Waals surface area contributed by atoms with Crippen LogP contribution in [0.25, 0.3) is 0 Å². The van der Waals surface area contributed by atoms with Crippen molar-refractivity contribution in [2.24, 2.45) is 5.41 Å². The average Bonchev–Trinajstić information content (AvgIpc) is 2.92. The molecule has 0 heterocycles. The number of nitrogens with one attached hydrogen (secondary N) is 2. The Bertz CT molecular complexity index is 599. The third-order valence-corrected chi connectivity index (χ3v) is 6.12. The van der Waals surface area contributed by atoms with Gasteiger partial charge in [0.1, 0.15) is 0 Å². The molecule has 1 atom stereocenters. The van der Waals surface area contributed by atoms with Gasteiger partial charge in [0.05, 0.1) is 4.90 Å². The minimum atomic E-state index is -3.45. The molecule has 1 saturated carbocycles. The molecule has 0 saturated heterocycles. The summed E-state index contributed by atoms with van der Waals surface area (Å²) in [6.45, 7) is 7.78. The predicted octanol–water partition coefficient (Wildman–Crippen LogP) is 2.64. The van der Waals surface area contributed by atoms with E-state index in [9.17, 15) is 8.42 Å². The molecule has 20 heavy (non-hydrogen) atoms. The highest BCUT2D eigenvalue weighted by Crippen LogP contribution is 2.45. The summed E-state index contributed by atoms with van der Waals surface area (Å²) in [5.74, 6) is 0. The number of rotatable bonds is 6. The molecule has 1 aromatic carbocycles. The molecular formula is C14H21BrN2O2S. The molecule has 0 radical (unpaired) electrons. The number of halogens is 1. The van der Waals surface area contributed by atoms with Crippen LogP contribution < -0.4 is 10.0 Å². The molecular weight excluding hydrogens is 340 g/mol. The largest absolute Gasteiger partial charge is 0.313 e. The molecule has 6 heteroatoms. The van der Waals surface area contributed by atoms with E-state index in [0.29, 0.717) is 9.37 Å². The number of benzene rings is 1. The van der Waals surface area contributed by atoms with Gasteiger partial charge in [0, 0.05) is 17.1 Å². The quantitative estimate of drug-likeness (QED) is 0.819. The monoisotopic (exact) mass is 360 g/mol. The smallest absolute Gasteiger partial charge is 0.241 e. The van der Waals surface area contributed by atoms with Crippen molar-refractivity contribution in [3.63, 3.8) is 0 Å². The predicted molar refractivity (Wildman–Crippen MR) is 84.0 cm³/mol. The van der Waals surface area contributed by atoms with Crippen LogP contribution in [0.2, 0.25) is 0 Å². The van der Waals surface area contributed by atoms with E-state index in [1.165, 1.54) is 0 Å². The van der Waals surface area contributed by atoms with E-state index in [4.69, 9.17) is 0 Å². The second-order valence-corrected chi connectivity index (χ2v) is 8.45. The normalized spacial score (nSPS) is 20.9. The van der Waals surface area contributed by atoms with Crippen molar-refractivity contribution in [2.45, 2.75) is 44.7 Å². The highest BCUT2D eigenvalue weighted by atomic mass is 79.9. The van der Waals surface area contributed by atoms with Gasteiger partial charge in [0.2, 0.25) is 10.0 Å². The Morgan fingerprint density at radius 2 is 2.05 bits per heavy atom. The topological polar surface area (TPSA) is 58.2 Å². The Kier molecular flexibility index (Phi) is 4.59. The van der Waals surface area contributed by atoms with Crippen LogP contribution in [-0.4, -0.2) is 21.0 Å². The fraction of sp³-hybridized carbons (Fsp3) is 0.571. The minimum absolute atomic E-state index is 0.0424. The molecule has 0 aliphatic heterocycles. The minimum Gasteiger partial charge on any atom is -0.313 e. The summed E-state index contributed by atoms with van der Waals surface area (Å²) in [7, 11) is -3.45. The van der Waals surface area contributed by atoms with Crippen LogP contribution in [0.1, 0.15) is 32.8 Å². The van der Waals surface area contributed by atoms with E-state index in [1.54, 1.807) is 6.07 Å². The highest BCUT2D eigenvalue weighted by molar-refractivity contribution is 9.10. The van der Waals surface area contributed by atoms with Gasteiger partial charge in [-0.15, -0.1) is 0 Å². The zero-order chi connectivity index (χ0) is 15.0. The van der Waals surface area contributed by atoms with Gasteiger partial charge in [-0.3, -0.25) is 0 Å². The first kappa shape index (κ1) is 15.9. The molecule has 1 aliphatic rings. The van der Waals surface area contributed by atoms with Gasteiger partial charge in [0.15, 0.2) is 0 Å². The molecule has 0 amide bonds. The van der Waals surface area contributed by atoms with Crippen molar-refractivity contribution in [2.75, 3.05) is 6.54 Å². The molecule has 1 aromatic rings. The first-order valence-corrected chi connectivity index (χ1v) is 9.05. The van der Waals surface area contributed by atoms with Gasteiger partial charge < -0.3 is 5.32 Å². The van der Waals surface area contributed by atoms with E-state index >= 15 is 0 Å². The zero-order valence-electron chi connectivity index (χ0n) is 12.0. The highest BCUT2D eigenvalue weighted by Gasteiger charge is 2.48. The summed E-state index contributed by atoms with van der Waals surface area (Å²) in [4.78, 5) is 0.306. The number of hydrogen-bond acceptors (Lipinski definition) is 3. The van der Waals surface area contributed by atoms with Crippen LogP contribution in [-0.2, 0) is 16.6 Å². The van der Waals surface area contributed by atoms with Gasteiger partial charge in [-0.2, -0.15) is 0 Å². The van der Waals surface area contributed by atoms with Crippen molar-refractivity contribution >= 4 is 26.0 Å². The van der Waals surface area contributed by atoms with Crippen LogP contribution in [0.3, 0.4) is 0 Å². The summed E-state index contributed by atoms with van der Waals surface area (Å²) < 4.78 is 28.1. The molecule has 1 fully saturated rings. The van der Waals surface area contributed by atoms with Gasteiger partial charge in [-0.25, -0.2) is 13.1 Å². The van der Waals surface area contributed by atoms with E-state index in [1.807, 2.05) is 19.1 Å². The third kappa shape index (κ3) is 3.61. The Balaban J connectivity index is 2.15. The van der Waals surface area contributed by atoms with Crippen LogP contribution in [0, 0.1) is 5.41 Å². The number of sulfonamides is 1. The third-order valence-electron chi connectivity index (χ3n) is 3.68. The lowest BCUT2D eigenvalue weighted by Crippen LogP contribution is -2.28. The van der Waals surface area contributed by atoms with Crippen molar-refractivity contribution in [1.29, 1.82) is 0 Å². The van der Waals surface area contributed by atoms with Crippen LogP contribution >= 0.6 is 15.9 Å². The summed E-state index contributed by atoms with van der Waals surface area (Å²) in [6, 6.07) is 5.41. The molecule has 4 nitrogen and oxygen atoms in total. The lowest BCUT2D eigenvalue weighted by molar-refractivity contribution is 0.554. The SMILES string of the molecule is CCNCc1ccc(S(=O)(=O)NC2CC2(C)C)c(Br)c1. The first-order valence-electron chi connectivity index (χ1n) is 6.78. The van der Waals surface area contributed by atoms with Crippen molar-refractivity contribution in [1.82, 2.24) is 10.0 Å². The van der Waals surface area contributed by atoms with Crippen LogP contribution in [0.4, 0.5) is 0 Å². The summed E-state index contributed by atoms with van der Waals surface area (Å²) >= 11 is 3.37. The van der Waals surface area contributed by atoms with Gasteiger partial charge in [-0.05, 0) is 52.0 Å². The molecule has 0 aromatic heterocycles. The van der Waals surface area contributed by atoms with E-state index in [0.717, 1.165) is 25.1 Å². The fourth-order valence-corrected chi connectivity index (χ4v) is 4.59. The number of hydrogen-bond donors (Lipinski definition) is 2. The van der Waals surface area contributed by atoms with Gasteiger partial charge >= 0.3 is 0 Å². The maximum Gasteiger partial charge on any atom is 0.241 e. The molecule has 2 N–H and O–H groups in total.